The van der Waals surface area contributed by atoms with E-state index in [-0.39, 0.29) is 0 Å². The second kappa shape index (κ2) is 5.79. The van der Waals surface area contributed by atoms with Crippen molar-refractivity contribution in [2.45, 2.75) is 25.7 Å². The summed E-state index contributed by atoms with van der Waals surface area (Å²) in [4.78, 5) is 4.73. The van der Waals surface area contributed by atoms with Gasteiger partial charge < -0.3 is 5.32 Å². The van der Waals surface area contributed by atoms with Gasteiger partial charge in [0.1, 0.15) is 0 Å². The molecule has 1 aliphatic heterocycles. The van der Waals surface area contributed by atoms with Crippen LogP contribution in [-0.4, -0.2) is 17.5 Å². The van der Waals surface area contributed by atoms with E-state index in [9.17, 15) is 0 Å². The van der Waals surface area contributed by atoms with E-state index >= 15 is 0 Å². The first kappa shape index (κ1) is 14.0. The molecule has 0 aromatic heterocycles. The first-order valence-corrected chi connectivity index (χ1v) is 8.63. The summed E-state index contributed by atoms with van der Waals surface area (Å²) in [6.45, 7) is 0.955. The molecular weight excluding hydrogens is 334 g/mol. The Labute approximate surface area is 132 Å². The average Bonchev–Trinajstić information content (AvgIpc) is 2.92. The van der Waals surface area contributed by atoms with Gasteiger partial charge in [-0.1, -0.05) is 24.6 Å². The zero-order valence-corrected chi connectivity index (χ0v) is 13.6. The van der Waals surface area contributed by atoms with Gasteiger partial charge in [0.05, 0.1) is 17.3 Å². The van der Waals surface area contributed by atoms with Gasteiger partial charge in [-0.3, -0.25) is 4.99 Å². The van der Waals surface area contributed by atoms with Gasteiger partial charge in [-0.05, 0) is 52.4 Å². The summed E-state index contributed by atoms with van der Waals surface area (Å²) in [7, 11) is 0. The predicted octanol–water partition coefficient (Wildman–Crippen LogP) is 4.40. The minimum Gasteiger partial charge on any atom is -0.334 e. The smallest absolute Gasteiger partial charge is 0.161 e. The molecule has 3 nitrogen and oxygen atoms in total. The average molecular weight is 350 g/mol. The van der Waals surface area contributed by atoms with Gasteiger partial charge in [0.25, 0.3) is 0 Å². The van der Waals surface area contributed by atoms with E-state index in [1.54, 1.807) is 0 Å². The van der Waals surface area contributed by atoms with Gasteiger partial charge in [0.15, 0.2) is 5.17 Å². The van der Waals surface area contributed by atoms with Crippen LogP contribution < -0.4 is 5.32 Å². The normalized spacial score (nSPS) is 20.5. The molecule has 0 radical (unpaired) electrons. The van der Waals surface area contributed by atoms with E-state index in [1.165, 1.54) is 31.4 Å². The van der Waals surface area contributed by atoms with Crippen molar-refractivity contribution in [1.82, 2.24) is 0 Å². The highest BCUT2D eigenvalue weighted by molar-refractivity contribution is 9.10. The number of nitrogens with one attached hydrogen (secondary N) is 1. The first-order valence-electron chi connectivity index (χ1n) is 6.85. The van der Waals surface area contributed by atoms with Crippen molar-refractivity contribution in [3.8, 4) is 6.07 Å². The third-order valence-electron chi connectivity index (χ3n) is 4.08. The lowest BCUT2D eigenvalue weighted by molar-refractivity contribution is 0.359. The maximum atomic E-state index is 8.87. The van der Waals surface area contributed by atoms with E-state index in [4.69, 9.17) is 10.3 Å². The molecule has 0 unspecified atom stereocenters. The maximum Gasteiger partial charge on any atom is 0.161 e. The molecule has 5 heteroatoms. The van der Waals surface area contributed by atoms with Crippen molar-refractivity contribution < 1.29 is 0 Å². The number of aliphatic imine (C=N–C) groups is 1. The molecule has 1 heterocycles. The van der Waals surface area contributed by atoms with Crippen LogP contribution in [0.2, 0.25) is 0 Å². The largest absolute Gasteiger partial charge is 0.334 e. The summed E-state index contributed by atoms with van der Waals surface area (Å²) < 4.78 is 0.904. The molecule has 1 spiro atoms. The second-order valence-corrected chi connectivity index (χ2v) is 7.37. The van der Waals surface area contributed by atoms with Gasteiger partial charge in [0, 0.05) is 16.8 Å². The van der Waals surface area contributed by atoms with Gasteiger partial charge in [0.2, 0.25) is 0 Å². The number of thioether (sulfide) groups is 1. The number of hydrogen-bond acceptors (Lipinski definition) is 4. The number of rotatable bonds is 1. The molecule has 1 N–H and O–H groups in total. The van der Waals surface area contributed by atoms with Crippen LogP contribution in [0.4, 0.5) is 5.69 Å². The van der Waals surface area contributed by atoms with Crippen molar-refractivity contribution in [3.63, 3.8) is 0 Å². The molecule has 1 aromatic carbocycles. The van der Waals surface area contributed by atoms with Crippen molar-refractivity contribution in [2.24, 2.45) is 10.4 Å². The van der Waals surface area contributed by atoms with Gasteiger partial charge in [-0.15, -0.1) is 0 Å². The van der Waals surface area contributed by atoms with Gasteiger partial charge in [-0.2, -0.15) is 5.26 Å². The number of nitrogens with zero attached hydrogens (tertiary/aromatic N) is 2. The Hall–Kier alpha value is -0.990. The number of halogens is 1. The Kier molecular flexibility index (Phi) is 4.04. The number of benzene rings is 1. The predicted molar refractivity (Wildman–Crippen MR) is 88.1 cm³/mol. The molecule has 0 atom stereocenters. The van der Waals surface area contributed by atoms with Crippen LogP contribution in [0, 0.1) is 16.7 Å². The minimum absolute atomic E-state index is 0.470. The molecule has 1 saturated carbocycles. The highest BCUT2D eigenvalue weighted by Crippen LogP contribution is 2.43. The highest BCUT2D eigenvalue weighted by atomic mass is 79.9. The lowest BCUT2D eigenvalue weighted by Crippen LogP contribution is -2.30. The standard InChI is InChI=1S/C15H16BrN3S/c16-12-7-11(8-17)3-4-13(12)19-14-18-9-15(10-20-14)5-1-2-6-15/h3-4,7H,1-2,5-6,9-10H2,(H,18,19). The molecule has 2 aliphatic rings. The van der Waals surface area contributed by atoms with Crippen molar-refractivity contribution >= 4 is 38.5 Å². The van der Waals surface area contributed by atoms with E-state index in [1.807, 2.05) is 30.0 Å². The van der Waals surface area contributed by atoms with Crippen molar-refractivity contribution in [1.29, 1.82) is 5.26 Å². The van der Waals surface area contributed by atoms with E-state index in [0.29, 0.717) is 11.0 Å². The zero-order valence-electron chi connectivity index (χ0n) is 11.2. The van der Waals surface area contributed by atoms with Gasteiger partial charge in [-0.25, -0.2) is 0 Å². The van der Waals surface area contributed by atoms with Crippen LogP contribution in [0.15, 0.2) is 27.7 Å². The monoisotopic (exact) mass is 349 g/mol. The number of nitriles is 1. The first-order chi connectivity index (χ1) is 9.71. The molecule has 20 heavy (non-hydrogen) atoms. The summed E-state index contributed by atoms with van der Waals surface area (Å²) >= 11 is 5.32. The molecule has 0 saturated heterocycles. The quantitative estimate of drug-likeness (QED) is 0.817. The Morgan fingerprint density at radius 2 is 2.15 bits per heavy atom. The summed E-state index contributed by atoms with van der Waals surface area (Å²) in [6, 6.07) is 7.71. The third-order valence-corrected chi connectivity index (χ3v) is 5.99. The van der Waals surface area contributed by atoms with Gasteiger partial charge >= 0.3 is 0 Å². The summed E-state index contributed by atoms with van der Waals surface area (Å²) in [6.07, 6.45) is 5.38. The topological polar surface area (TPSA) is 48.2 Å². The fourth-order valence-corrected chi connectivity index (χ4v) is 4.50. The van der Waals surface area contributed by atoms with Crippen LogP contribution in [0.3, 0.4) is 0 Å². The fraction of sp³-hybridized carbons (Fsp3) is 0.467. The Morgan fingerprint density at radius 3 is 2.75 bits per heavy atom. The lowest BCUT2D eigenvalue weighted by Gasteiger charge is -2.31. The van der Waals surface area contributed by atoms with Crippen LogP contribution in [-0.2, 0) is 0 Å². The van der Waals surface area contributed by atoms with E-state index in [0.717, 1.165) is 21.9 Å². The molecule has 1 fully saturated rings. The number of hydrogen-bond donors (Lipinski definition) is 1. The lowest BCUT2D eigenvalue weighted by atomic mass is 9.89. The molecule has 0 bridgehead atoms. The molecule has 104 valence electrons. The zero-order chi connectivity index (χ0) is 14.0. The van der Waals surface area contributed by atoms with Crippen LogP contribution >= 0.6 is 27.7 Å². The summed E-state index contributed by atoms with van der Waals surface area (Å²) in [5.41, 5.74) is 2.10. The van der Waals surface area contributed by atoms with Crippen LogP contribution in [0.25, 0.3) is 0 Å². The molecule has 1 aromatic rings. The fourth-order valence-electron chi connectivity index (χ4n) is 2.86. The SMILES string of the molecule is N#Cc1ccc(NC2=NCC3(CCCC3)CS2)c(Br)c1. The Morgan fingerprint density at radius 1 is 1.35 bits per heavy atom. The summed E-state index contributed by atoms with van der Waals surface area (Å²) in [5.74, 6) is 1.17. The molecular formula is C15H16BrN3S. The van der Waals surface area contributed by atoms with Crippen LogP contribution in [0.1, 0.15) is 31.2 Å². The van der Waals surface area contributed by atoms with E-state index in [2.05, 4.69) is 27.3 Å². The summed E-state index contributed by atoms with van der Waals surface area (Å²) in [5, 5.41) is 13.2. The van der Waals surface area contributed by atoms with Crippen LogP contribution in [0.5, 0.6) is 0 Å². The second-order valence-electron chi connectivity index (χ2n) is 5.55. The maximum absolute atomic E-state index is 8.87. The minimum atomic E-state index is 0.470. The van der Waals surface area contributed by atoms with E-state index < -0.39 is 0 Å². The highest BCUT2D eigenvalue weighted by Gasteiger charge is 2.36. The Bertz CT molecular complexity index is 585. The Balaban J connectivity index is 1.70. The molecule has 3 rings (SSSR count). The van der Waals surface area contributed by atoms with Crippen molar-refractivity contribution in [3.05, 3.63) is 28.2 Å². The molecule has 1 aliphatic carbocycles. The third kappa shape index (κ3) is 2.87. The number of anilines is 1. The molecule has 0 amide bonds. The van der Waals surface area contributed by atoms with Crippen molar-refractivity contribution in [2.75, 3.05) is 17.6 Å². The number of amidine groups is 1.